The van der Waals surface area contributed by atoms with Gasteiger partial charge in [-0.15, -0.1) is 12.4 Å². The molecule has 2 N–H and O–H groups in total. The van der Waals surface area contributed by atoms with Gasteiger partial charge < -0.3 is 20.1 Å². The second-order valence-electron chi connectivity index (χ2n) is 4.88. The van der Waals surface area contributed by atoms with Gasteiger partial charge in [-0.1, -0.05) is 0 Å². The van der Waals surface area contributed by atoms with Crippen molar-refractivity contribution in [2.75, 3.05) is 32.6 Å². The molecule has 0 aliphatic carbocycles. The van der Waals surface area contributed by atoms with Crippen molar-refractivity contribution < 1.29 is 23.0 Å². The average Bonchev–Trinajstić information content (AvgIpc) is 2.47. The zero-order valence-corrected chi connectivity index (χ0v) is 13.2. The number of ether oxygens (including phenoxy) is 2. The third kappa shape index (κ3) is 3.66. The standard InChI is InChI=1S/C14H18F2N2O3.ClH/c1-20-12-10(15)7-9(8-11(12)16)18-13(19)14(21-2)3-5-17-6-4-14;/h7-8,17H,3-6H2,1-2H3,(H,18,19);1H. The number of carbonyl (C=O) groups is 1. The number of amides is 1. The first-order valence-corrected chi connectivity index (χ1v) is 6.63. The Labute approximate surface area is 133 Å². The number of carbonyl (C=O) groups excluding carboxylic acids is 1. The second kappa shape index (κ2) is 7.71. The molecule has 1 fully saturated rings. The van der Waals surface area contributed by atoms with E-state index in [1.807, 2.05) is 0 Å². The molecular formula is C14H19ClF2N2O3. The molecule has 2 rings (SSSR count). The molecule has 0 atom stereocenters. The van der Waals surface area contributed by atoms with E-state index in [0.717, 1.165) is 12.1 Å². The predicted octanol–water partition coefficient (Wildman–Crippen LogP) is 2.10. The third-order valence-corrected chi connectivity index (χ3v) is 3.68. The quantitative estimate of drug-likeness (QED) is 0.884. The zero-order chi connectivity index (χ0) is 15.5. The van der Waals surface area contributed by atoms with Gasteiger partial charge >= 0.3 is 0 Å². The Balaban J connectivity index is 0.00000242. The Morgan fingerprint density at radius 1 is 1.23 bits per heavy atom. The molecule has 8 heteroatoms. The van der Waals surface area contributed by atoms with Crippen LogP contribution in [0.25, 0.3) is 0 Å². The van der Waals surface area contributed by atoms with Crippen molar-refractivity contribution in [1.29, 1.82) is 0 Å². The van der Waals surface area contributed by atoms with Gasteiger partial charge in [-0.2, -0.15) is 0 Å². The fourth-order valence-corrected chi connectivity index (χ4v) is 2.43. The molecule has 1 aliphatic heterocycles. The number of halogens is 3. The zero-order valence-electron chi connectivity index (χ0n) is 12.4. The number of rotatable bonds is 4. The summed E-state index contributed by atoms with van der Waals surface area (Å²) in [4.78, 5) is 12.4. The number of benzene rings is 1. The van der Waals surface area contributed by atoms with Crippen LogP contribution in [-0.2, 0) is 9.53 Å². The number of nitrogens with one attached hydrogen (secondary N) is 2. The molecule has 124 valence electrons. The fourth-order valence-electron chi connectivity index (χ4n) is 2.43. The maximum Gasteiger partial charge on any atom is 0.256 e. The molecule has 0 radical (unpaired) electrons. The van der Waals surface area contributed by atoms with Crippen LogP contribution in [0.15, 0.2) is 12.1 Å². The maximum absolute atomic E-state index is 13.6. The minimum absolute atomic E-state index is 0. The summed E-state index contributed by atoms with van der Waals surface area (Å²) in [6.07, 6.45) is 0.993. The summed E-state index contributed by atoms with van der Waals surface area (Å²) in [7, 11) is 2.63. The maximum atomic E-state index is 13.6. The summed E-state index contributed by atoms with van der Waals surface area (Å²) in [5, 5.41) is 5.64. The van der Waals surface area contributed by atoms with E-state index in [1.165, 1.54) is 14.2 Å². The third-order valence-electron chi connectivity index (χ3n) is 3.68. The van der Waals surface area contributed by atoms with E-state index in [9.17, 15) is 13.6 Å². The van der Waals surface area contributed by atoms with Crippen LogP contribution in [0.5, 0.6) is 5.75 Å². The number of hydrogen-bond donors (Lipinski definition) is 2. The molecule has 0 saturated carbocycles. The number of methoxy groups -OCH3 is 2. The molecule has 0 unspecified atom stereocenters. The normalized spacial score (nSPS) is 16.5. The van der Waals surface area contributed by atoms with Crippen molar-refractivity contribution in [2.24, 2.45) is 0 Å². The van der Waals surface area contributed by atoms with Gasteiger partial charge in [0, 0.05) is 24.9 Å². The molecule has 1 amide bonds. The van der Waals surface area contributed by atoms with Crippen LogP contribution in [0.4, 0.5) is 14.5 Å². The highest BCUT2D eigenvalue weighted by Crippen LogP contribution is 2.28. The average molecular weight is 337 g/mol. The predicted molar refractivity (Wildman–Crippen MR) is 80.6 cm³/mol. The molecule has 5 nitrogen and oxygen atoms in total. The number of anilines is 1. The summed E-state index contributed by atoms with van der Waals surface area (Å²) in [5.41, 5.74) is -0.941. The topological polar surface area (TPSA) is 59.6 Å². The Kier molecular flexibility index (Phi) is 6.52. The van der Waals surface area contributed by atoms with Crippen LogP contribution in [0.3, 0.4) is 0 Å². The van der Waals surface area contributed by atoms with Gasteiger partial charge in [0.05, 0.1) is 7.11 Å². The molecule has 1 aromatic rings. The molecule has 0 aromatic heterocycles. The Morgan fingerprint density at radius 3 is 2.23 bits per heavy atom. The van der Waals surface area contributed by atoms with Gasteiger partial charge in [-0.3, -0.25) is 4.79 Å². The van der Waals surface area contributed by atoms with Crippen LogP contribution in [0.2, 0.25) is 0 Å². The largest absolute Gasteiger partial charge is 0.491 e. The molecule has 0 bridgehead atoms. The van der Waals surface area contributed by atoms with Crippen LogP contribution >= 0.6 is 12.4 Å². The van der Waals surface area contributed by atoms with Gasteiger partial charge in [-0.25, -0.2) is 8.78 Å². The van der Waals surface area contributed by atoms with E-state index in [1.54, 1.807) is 0 Å². The molecule has 1 saturated heterocycles. The van der Waals surface area contributed by atoms with Crippen LogP contribution < -0.4 is 15.4 Å². The summed E-state index contributed by atoms with van der Waals surface area (Å²) in [6.45, 7) is 1.29. The van der Waals surface area contributed by atoms with Gasteiger partial charge in [0.2, 0.25) is 0 Å². The second-order valence-corrected chi connectivity index (χ2v) is 4.88. The molecule has 22 heavy (non-hydrogen) atoms. The molecule has 1 aliphatic rings. The minimum atomic E-state index is -0.974. The van der Waals surface area contributed by atoms with Crippen molar-refractivity contribution in [1.82, 2.24) is 5.32 Å². The van der Waals surface area contributed by atoms with Crippen molar-refractivity contribution in [2.45, 2.75) is 18.4 Å². The summed E-state index contributed by atoms with van der Waals surface area (Å²) in [6, 6.07) is 2.04. The lowest BCUT2D eigenvalue weighted by Crippen LogP contribution is -2.51. The van der Waals surface area contributed by atoms with Crippen molar-refractivity contribution in [3.8, 4) is 5.75 Å². The Morgan fingerprint density at radius 2 is 1.77 bits per heavy atom. The first kappa shape index (κ1) is 18.6. The Hall–Kier alpha value is -1.44. The minimum Gasteiger partial charge on any atom is -0.491 e. The van der Waals surface area contributed by atoms with Crippen molar-refractivity contribution >= 4 is 24.0 Å². The molecular weight excluding hydrogens is 318 g/mol. The van der Waals surface area contributed by atoms with Crippen LogP contribution in [0.1, 0.15) is 12.8 Å². The highest BCUT2D eigenvalue weighted by atomic mass is 35.5. The van der Waals surface area contributed by atoms with Crippen LogP contribution in [0, 0.1) is 11.6 Å². The van der Waals surface area contributed by atoms with Gasteiger partial charge in [0.15, 0.2) is 17.4 Å². The number of hydrogen-bond acceptors (Lipinski definition) is 4. The molecule has 1 heterocycles. The van der Waals surface area contributed by atoms with Gasteiger partial charge in [0.1, 0.15) is 5.60 Å². The summed E-state index contributed by atoms with van der Waals surface area (Å²) < 4.78 is 37.2. The monoisotopic (exact) mass is 336 g/mol. The fraction of sp³-hybridized carbons (Fsp3) is 0.500. The highest BCUT2D eigenvalue weighted by Gasteiger charge is 2.39. The Bertz CT molecular complexity index is 514. The highest BCUT2D eigenvalue weighted by molar-refractivity contribution is 5.97. The first-order chi connectivity index (χ1) is 10.0. The molecule has 1 aromatic carbocycles. The molecule has 0 spiro atoms. The number of piperidine rings is 1. The van der Waals surface area contributed by atoms with E-state index in [-0.39, 0.29) is 18.1 Å². The lowest BCUT2D eigenvalue weighted by atomic mass is 9.91. The summed E-state index contributed by atoms with van der Waals surface area (Å²) >= 11 is 0. The SMILES string of the molecule is COc1c(F)cc(NC(=O)C2(OC)CCNCC2)cc1F.Cl. The first-order valence-electron chi connectivity index (χ1n) is 6.63. The van der Waals surface area contributed by atoms with Gasteiger partial charge in [0.25, 0.3) is 5.91 Å². The van der Waals surface area contributed by atoms with E-state index >= 15 is 0 Å². The van der Waals surface area contributed by atoms with Crippen molar-refractivity contribution in [3.63, 3.8) is 0 Å². The van der Waals surface area contributed by atoms with Gasteiger partial charge in [-0.05, 0) is 25.9 Å². The van der Waals surface area contributed by atoms with E-state index in [2.05, 4.69) is 15.4 Å². The van der Waals surface area contributed by atoms with Crippen LogP contribution in [-0.4, -0.2) is 38.8 Å². The lowest BCUT2D eigenvalue weighted by molar-refractivity contribution is -0.140. The smallest absolute Gasteiger partial charge is 0.256 e. The summed E-state index contributed by atoms with van der Waals surface area (Å²) in [5.74, 6) is -2.62. The van der Waals surface area contributed by atoms with E-state index in [0.29, 0.717) is 25.9 Å². The van der Waals surface area contributed by atoms with E-state index < -0.39 is 28.9 Å². The van der Waals surface area contributed by atoms with E-state index in [4.69, 9.17) is 4.74 Å². The lowest BCUT2D eigenvalue weighted by Gasteiger charge is -2.34. The van der Waals surface area contributed by atoms with Crippen molar-refractivity contribution in [3.05, 3.63) is 23.8 Å².